The number of rotatable bonds is 5. The predicted octanol–water partition coefficient (Wildman–Crippen LogP) is 2.67. The third kappa shape index (κ3) is 4.67. The highest BCUT2D eigenvalue weighted by Crippen LogP contribution is 2.24. The lowest BCUT2D eigenvalue weighted by atomic mass is 9.96. The maximum absolute atomic E-state index is 6.27. The van der Waals surface area contributed by atoms with E-state index in [4.69, 9.17) is 10.5 Å². The molecule has 0 amide bonds. The lowest BCUT2D eigenvalue weighted by Gasteiger charge is -2.29. The number of hydrogen-bond acceptors (Lipinski definition) is 3. The van der Waals surface area contributed by atoms with Crippen LogP contribution in [0.5, 0.6) is 5.75 Å². The smallest absolute Gasteiger partial charge is 0.123 e. The number of likely N-dealkylation sites (N-methyl/N-ethyl adjacent to an activating group) is 1. The number of ether oxygens (including phenoxy) is 1. The molecule has 0 aliphatic rings. The fourth-order valence-electron chi connectivity index (χ4n) is 2.28. The van der Waals surface area contributed by atoms with Crippen LogP contribution in [0.2, 0.25) is 0 Å². The Morgan fingerprint density at radius 3 is 2.44 bits per heavy atom. The molecule has 0 aromatic heterocycles. The van der Waals surface area contributed by atoms with Crippen molar-refractivity contribution < 1.29 is 4.74 Å². The van der Waals surface area contributed by atoms with Gasteiger partial charge >= 0.3 is 0 Å². The van der Waals surface area contributed by atoms with Gasteiger partial charge < -0.3 is 15.4 Å². The van der Waals surface area contributed by atoms with Crippen LogP contribution >= 0.6 is 0 Å². The SMILES string of the molecule is COc1ccccc1C(N)CN(C)CC(C)(C)C. The second-order valence-electron chi connectivity index (χ2n) is 6.11. The van der Waals surface area contributed by atoms with Gasteiger partial charge in [-0.2, -0.15) is 0 Å². The Balaban J connectivity index is 2.67. The highest BCUT2D eigenvalue weighted by atomic mass is 16.5. The van der Waals surface area contributed by atoms with Gasteiger partial charge in [-0.25, -0.2) is 0 Å². The summed E-state index contributed by atoms with van der Waals surface area (Å²) in [6, 6.07) is 7.94. The second-order valence-corrected chi connectivity index (χ2v) is 6.11. The van der Waals surface area contributed by atoms with Gasteiger partial charge in [0.1, 0.15) is 5.75 Å². The van der Waals surface area contributed by atoms with E-state index in [-0.39, 0.29) is 11.5 Å². The van der Waals surface area contributed by atoms with Crippen LogP contribution in [0.4, 0.5) is 0 Å². The third-order valence-electron chi connectivity index (χ3n) is 2.79. The van der Waals surface area contributed by atoms with Gasteiger partial charge in [-0.05, 0) is 18.5 Å². The molecule has 0 aliphatic heterocycles. The molecule has 0 saturated heterocycles. The second kappa shape index (κ2) is 6.21. The molecule has 2 N–H and O–H groups in total. The number of methoxy groups -OCH3 is 1. The standard InChI is InChI=1S/C15H26N2O/c1-15(2,3)11-17(4)10-13(16)12-8-6-7-9-14(12)18-5/h6-9,13H,10-11,16H2,1-5H3. The summed E-state index contributed by atoms with van der Waals surface area (Å²) in [7, 11) is 3.80. The summed E-state index contributed by atoms with van der Waals surface area (Å²) in [5.41, 5.74) is 7.63. The summed E-state index contributed by atoms with van der Waals surface area (Å²) in [5, 5.41) is 0. The quantitative estimate of drug-likeness (QED) is 0.873. The average molecular weight is 250 g/mol. The topological polar surface area (TPSA) is 38.5 Å². The zero-order valence-electron chi connectivity index (χ0n) is 12.2. The first-order chi connectivity index (χ1) is 8.33. The maximum atomic E-state index is 6.27. The van der Waals surface area contributed by atoms with Crippen LogP contribution in [-0.4, -0.2) is 32.1 Å². The Morgan fingerprint density at radius 2 is 1.89 bits per heavy atom. The van der Waals surface area contributed by atoms with Gasteiger partial charge in [0.2, 0.25) is 0 Å². The lowest BCUT2D eigenvalue weighted by Crippen LogP contribution is -2.35. The fraction of sp³-hybridized carbons (Fsp3) is 0.600. The minimum Gasteiger partial charge on any atom is -0.496 e. The summed E-state index contributed by atoms with van der Waals surface area (Å²) in [5.74, 6) is 0.870. The molecule has 0 aliphatic carbocycles. The molecule has 1 unspecified atom stereocenters. The minimum atomic E-state index is -0.0199. The van der Waals surface area contributed by atoms with E-state index in [1.165, 1.54) is 0 Å². The van der Waals surface area contributed by atoms with Crippen LogP contribution in [0.15, 0.2) is 24.3 Å². The highest BCUT2D eigenvalue weighted by molar-refractivity contribution is 5.35. The Morgan fingerprint density at radius 1 is 1.28 bits per heavy atom. The van der Waals surface area contributed by atoms with Crippen molar-refractivity contribution in [2.45, 2.75) is 26.8 Å². The first-order valence-corrected chi connectivity index (χ1v) is 6.40. The van der Waals surface area contributed by atoms with Crippen LogP contribution in [0.1, 0.15) is 32.4 Å². The van der Waals surface area contributed by atoms with Crippen LogP contribution in [-0.2, 0) is 0 Å². The lowest BCUT2D eigenvalue weighted by molar-refractivity contribution is 0.216. The van der Waals surface area contributed by atoms with Crippen molar-refractivity contribution in [3.63, 3.8) is 0 Å². The molecule has 1 rings (SSSR count). The number of benzene rings is 1. The van der Waals surface area contributed by atoms with Crippen molar-refractivity contribution in [1.82, 2.24) is 4.90 Å². The van der Waals surface area contributed by atoms with Gasteiger partial charge in [-0.1, -0.05) is 39.0 Å². The fourth-order valence-corrected chi connectivity index (χ4v) is 2.28. The summed E-state index contributed by atoms with van der Waals surface area (Å²) in [6.45, 7) is 8.56. The van der Waals surface area contributed by atoms with Gasteiger partial charge in [0.15, 0.2) is 0 Å². The van der Waals surface area contributed by atoms with E-state index < -0.39 is 0 Å². The van der Waals surface area contributed by atoms with Crippen LogP contribution in [0.3, 0.4) is 0 Å². The van der Waals surface area contributed by atoms with Gasteiger partial charge in [0, 0.05) is 24.7 Å². The van der Waals surface area contributed by atoms with E-state index in [0.29, 0.717) is 0 Å². The zero-order valence-corrected chi connectivity index (χ0v) is 12.2. The van der Waals surface area contributed by atoms with Crippen molar-refractivity contribution in [3.8, 4) is 5.75 Å². The first-order valence-electron chi connectivity index (χ1n) is 6.40. The number of para-hydroxylation sites is 1. The monoisotopic (exact) mass is 250 g/mol. The summed E-state index contributed by atoms with van der Waals surface area (Å²) in [4.78, 5) is 2.27. The van der Waals surface area contributed by atoms with Gasteiger partial charge in [-0.3, -0.25) is 0 Å². The maximum Gasteiger partial charge on any atom is 0.123 e. The summed E-state index contributed by atoms with van der Waals surface area (Å²) < 4.78 is 5.35. The molecule has 0 radical (unpaired) electrons. The zero-order chi connectivity index (χ0) is 13.8. The van der Waals surface area contributed by atoms with Crippen molar-refractivity contribution in [2.75, 3.05) is 27.2 Å². The van der Waals surface area contributed by atoms with Gasteiger partial charge in [0.05, 0.1) is 7.11 Å². The van der Waals surface area contributed by atoms with Crippen LogP contribution in [0.25, 0.3) is 0 Å². The van der Waals surface area contributed by atoms with E-state index in [9.17, 15) is 0 Å². The van der Waals surface area contributed by atoms with E-state index in [1.54, 1.807) is 7.11 Å². The Hall–Kier alpha value is -1.06. The van der Waals surface area contributed by atoms with E-state index in [2.05, 4.69) is 32.7 Å². The normalized spacial score (nSPS) is 13.7. The molecule has 1 atom stereocenters. The molecule has 1 aromatic rings. The highest BCUT2D eigenvalue weighted by Gasteiger charge is 2.17. The van der Waals surface area contributed by atoms with Gasteiger partial charge in [-0.15, -0.1) is 0 Å². The average Bonchev–Trinajstić information content (AvgIpc) is 2.26. The molecule has 0 bridgehead atoms. The van der Waals surface area contributed by atoms with E-state index >= 15 is 0 Å². The first kappa shape index (κ1) is 15.0. The van der Waals surface area contributed by atoms with E-state index in [1.807, 2.05) is 24.3 Å². The molecule has 0 heterocycles. The Kier molecular flexibility index (Phi) is 5.17. The van der Waals surface area contributed by atoms with E-state index in [0.717, 1.165) is 24.4 Å². The number of nitrogens with zero attached hydrogens (tertiary/aromatic N) is 1. The molecule has 3 heteroatoms. The number of nitrogens with two attached hydrogens (primary N) is 1. The van der Waals surface area contributed by atoms with Crippen molar-refractivity contribution in [2.24, 2.45) is 11.1 Å². The molecular weight excluding hydrogens is 224 g/mol. The largest absolute Gasteiger partial charge is 0.496 e. The summed E-state index contributed by atoms with van der Waals surface area (Å²) >= 11 is 0. The molecule has 0 fully saturated rings. The predicted molar refractivity (Wildman–Crippen MR) is 76.9 cm³/mol. The Bertz CT molecular complexity index is 371. The number of hydrogen-bond donors (Lipinski definition) is 1. The molecular formula is C15H26N2O. The van der Waals surface area contributed by atoms with Crippen LogP contribution in [0, 0.1) is 5.41 Å². The van der Waals surface area contributed by atoms with Crippen molar-refractivity contribution in [3.05, 3.63) is 29.8 Å². The minimum absolute atomic E-state index is 0.0199. The molecule has 18 heavy (non-hydrogen) atoms. The third-order valence-corrected chi connectivity index (χ3v) is 2.79. The van der Waals surface area contributed by atoms with Gasteiger partial charge in [0.25, 0.3) is 0 Å². The molecule has 0 spiro atoms. The van der Waals surface area contributed by atoms with Crippen molar-refractivity contribution >= 4 is 0 Å². The van der Waals surface area contributed by atoms with Crippen molar-refractivity contribution in [1.29, 1.82) is 0 Å². The Labute approximate surface area is 111 Å². The molecule has 102 valence electrons. The molecule has 3 nitrogen and oxygen atoms in total. The van der Waals surface area contributed by atoms with Crippen LogP contribution < -0.4 is 10.5 Å². The molecule has 0 saturated carbocycles. The summed E-state index contributed by atoms with van der Waals surface area (Å²) in [6.07, 6.45) is 0. The molecule has 1 aromatic carbocycles.